The first-order valence-electron chi connectivity index (χ1n) is 7.23. The fourth-order valence-corrected chi connectivity index (χ4v) is 3.88. The lowest BCUT2D eigenvalue weighted by atomic mass is 9.82. The van der Waals surface area contributed by atoms with E-state index in [1.807, 2.05) is 12.2 Å². The minimum Gasteiger partial charge on any atom is -0.550 e. The quantitative estimate of drug-likeness (QED) is 0.588. The Kier molecular flexibility index (Phi) is 4.21. The molecule has 0 spiro atoms. The lowest BCUT2D eigenvalue weighted by molar-refractivity contribution is -0.313. The molecule has 0 heterocycles. The molecule has 2 amide bonds. The molecule has 1 fully saturated rings. The average molecular weight is 378 g/mol. The Labute approximate surface area is 141 Å². The van der Waals surface area contributed by atoms with Crippen LogP contribution in [-0.4, -0.2) is 17.8 Å². The Morgan fingerprint density at radius 1 is 1.04 bits per heavy atom. The van der Waals surface area contributed by atoms with E-state index in [1.165, 1.54) is 0 Å². The first-order valence-corrected chi connectivity index (χ1v) is 8.02. The van der Waals surface area contributed by atoms with Crippen LogP contribution >= 0.6 is 15.9 Å². The van der Waals surface area contributed by atoms with Crippen molar-refractivity contribution in [2.75, 3.05) is 0 Å². The summed E-state index contributed by atoms with van der Waals surface area (Å²) in [7, 11) is 0. The highest BCUT2D eigenvalue weighted by molar-refractivity contribution is 9.10. The van der Waals surface area contributed by atoms with Crippen molar-refractivity contribution in [1.29, 1.82) is 0 Å². The molecule has 7 heteroatoms. The molecule has 0 radical (unpaired) electrons. The molecular formula is C16H14BrN2O4-. The summed E-state index contributed by atoms with van der Waals surface area (Å²) in [5, 5.41) is 11.3. The molecular weight excluding hydrogens is 364 g/mol. The van der Waals surface area contributed by atoms with Gasteiger partial charge in [-0.1, -0.05) is 24.3 Å². The van der Waals surface area contributed by atoms with Crippen molar-refractivity contribution in [3.8, 4) is 0 Å². The number of hydrogen-bond donors (Lipinski definition) is 2. The molecule has 0 aliphatic heterocycles. The Morgan fingerprint density at radius 2 is 1.70 bits per heavy atom. The summed E-state index contributed by atoms with van der Waals surface area (Å²) in [5.41, 5.74) is 5.04. The number of amides is 2. The van der Waals surface area contributed by atoms with Crippen LogP contribution in [0.2, 0.25) is 0 Å². The number of carbonyl (C=O) groups excluding carboxylic acids is 3. The summed E-state index contributed by atoms with van der Waals surface area (Å²) in [6.07, 6.45) is 4.33. The van der Waals surface area contributed by atoms with Crippen LogP contribution in [0.3, 0.4) is 0 Å². The number of hydrazine groups is 1. The van der Waals surface area contributed by atoms with E-state index in [-0.39, 0.29) is 11.8 Å². The fourth-order valence-electron chi connectivity index (χ4n) is 3.42. The molecule has 1 saturated carbocycles. The average Bonchev–Trinajstić information content (AvgIpc) is 3.13. The number of nitrogens with one attached hydrogen (secondary N) is 2. The Morgan fingerprint density at radius 3 is 2.35 bits per heavy atom. The van der Waals surface area contributed by atoms with E-state index in [4.69, 9.17) is 0 Å². The largest absolute Gasteiger partial charge is 0.550 e. The van der Waals surface area contributed by atoms with Gasteiger partial charge in [0, 0.05) is 16.4 Å². The second kappa shape index (κ2) is 6.16. The molecule has 0 saturated heterocycles. The second-order valence-electron chi connectivity index (χ2n) is 5.74. The number of allylic oxidation sites excluding steroid dienone is 2. The van der Waals surface area contributed by atoms with E-state index >= 15 is 0 Å². The summed E-state index contributed by atoms with van der Waals surface area (Å²) in [6, 6.07) is 6.79. The fraction of sp³-hybridized carbons (Fsp3) is 0.312. The number of fused-ring (bicyclic) bond motifs is 2. The normalized spacial score (nSPS) is 27.7. The zero-order valence-electron chi connectivity index (χ0n) is 12.0. The number of carboxylic acids is 1. The highest BCUT2D eigenvalue weighted by Gasteiger charge is 2.48. The van der Waals surface area contributed by atoms with Gasteiger partial charge in [-0.05, 0) is 46.3 Å². The highest BCUT2D eigenvalue weighted by Crippen LogP contribution is 2.47. The van der Waals surface area contributed by atoms with Gasteiger partial charge in [0.25, 0.3) is 5.91 Å². The van der Waals surface area contributed by atoms with Gasteiger partial charge in [-0.2, -0.15) is 0 Å². The van der Waals surface area contributed by atoms with Crippen molar-refractivity contribution >= 4 is 33.7 Å². The van der Waals surface area contributed by atoms with Gasteiger partial charge in [-0.25, -0.2) is 0 Å². The van der Waals surface area contributed by atoms with E-state index in [0.29, 0.717) is 16.5 Å². The molecule has 6 nitrogen and oxygen atoms in total. The summed E-state index contributed by atoms with van der Waals surface area (Å²) < 4.78 is 0.599. The first-order chi connectivity index (χ1) is 11.0. The van der Waals surface area contributed by atoms with E-state index in [2.05, 4.69) is 26.8 Å². The lowest BCUT2D eigenvalue weighted by Gasteiger charge is -2.27. The number of halogens is 1. The maximum Gasteiger partial charge on any atom is 0.270 e. The van der Waals surface area contributed by atoms with Crippen molar-refractivity contribution in [2.24, 2.45) is 23.7 Å². The van der Waals surface area contributed by atoms with Crippen molar-refractivity contribution < 1.29 is 19.5 Å². The molecule has 23 heavy (non-hydrogen) atoms. The van der Waals surface area contributed by atoms with Gasteiger partial charge in [-0.15, -0.1) is 0 Å². The highest BCUT2D eigenvalue weighted by atomic mass is 79.9. The number of hydrogen-bond acceptors (Lipinski definition) is 4. The molecule has 0 unspecified atom stereocenters. The molecule has 2 aliphatic carbocycles. The van der Waals surface area contributed by atoms with Gasteiger partial charge in [-0.3, -0.25) is 20.4 Å². The van der Waals surface area contributed by atoms with Crippen molar-refractivity contribution in [3.63, 3.8) is 0 Å². The topological polar surface area (TPSA) is 98.3 Å². The molecule has 0 aromatic heterocycles. The van der Waals surface area contributed by atoms with Gasteiger partial charge in [0.2, 0.25) is 5.91 Å². The lowest BCUT2D eigenvalue weighted by Crippen LogP contribution is -2.50. The predicted molar refractivity (Wildman–Crippen MR) is 82.5 cm³/mol. The number of rotatable bonds is 3. The molecule has 120 valence electrons. The smallest absolute Gasteiger partial charge is 0.270 e. The van der Waals surface area contributed by atoms with Crippen LogP contribution in [0.15, 0.2) is 40.9 Å². The Balaban J connectivity index is 1.66. The maximum absolute atomic E-state index is 12.3. The van der Waals surface area contributed by atoms with Crippen LogP contribution < -0.4 is 16.0 Å². The van der Waals surface area contributed by atoms with E-state index in [9.17, 15) is 19.5 Å². The summed E-state index contributed by atoms with van der Waals surface area (Å²) >= 11 is 3.26. The molecule has 3 rings (SSSR count). The third-order valence-electron chi connectivity index (χ3n) is 4.45. The van der Waals surface area contributed by atoms with Gasteiger partial charge in [0.1, 0.15) is 0 Å². The Bertz CT molecular complexity index is 703. The number of carboxylic acid groups (broad SMARTS) is 1. The predicted octanol–water partition coefficient (Wildman–Crippen LogP) is 0.398. The summed E-state index contributed by atoms with van der Waals surface area (Å²) in [4.78, 5) is 35.7. The van der Waals surface area contributed by atoms with Crippen LogP contribution in [0.1, 0.15) is 16.8 Å². The summed E-state index contributed by atoms with van der Waals surface area (Å²) in [6.45, 7) is 0. The van der Waals surface area contributed by atoms with Crippen LogP contribution in [-0.2, 0) is 9.59 Å². The van der Waals surface area contributed by atoms with Crippen LogP contribution in [0.5, 0.6) is 0 Å². The molecule has 2 aliphatic rings. The van der Waals surface area contributed by atoms with E-state index in [1.54, 1.807) is 24.3 Å². The number of aliphatic carboxylic acids is 1. The maximum atomic E-state index is 12.3. The molecule has 1 aromatic carbocycles. The van der Waals surface area contributed by atoms with Crippen molar-refractivity contribution in [3.05, 3.63) is 46.5 Å². The SMILES string of the molecule is O=C(NNC(=O)[C@@H]1[C@@H](C(=O)[O-])[C@H]2C=C[C@@H]1C2)c1ccccc1Br. The zero-order chi connectivity index (χ0) is 16.6. The zero-order valence-corrected chi connectivity index (χ0v) is 13.6. The van der Waals surface area contributed by atoms with Crippen molar-refractivity contribution in [1.82, 2.24) is 10.9 Å². The first kappa shape index (κ1) is 15.7. The second-order valence-corrected chi connectivity index (χ2v) is 6.60. The molecule has 2 N–H and O–H groups in total. The van der Waals surface area contributed by atoms with Gasteiger partial charge in [0.05, 0.1) is 11.5 Å². The standard InChI is InChI=1S/C16H15BrN2O4/c17-11-4-2-1-3-10(11)14(20)18-19-15(21)12-8-5-6-9(7-8)13(12)16(22)23/h1-6,8-9,12-13H,7H2,(H,18,20)(H,19,21)(H,22,23)/p-1/t8-,9+,12+,13+/m1/s1. The van der Waals surface area contributed by atoms with Gasteiger partial charge >= 0.3 is 0 Å². The van der Waals surface area contributed by atoms with Gasteiger partial charge in [0.15, 0.2) is 0 Å². The third kappa shape index (κ3) is 2.88. The van der Waals surface area contributed by atoms with E-state index in [0.717, 1.165) is 0 Å². The molecule has 4 atom stereocenters. The van der Waals surface area contributed by atoms with Crippen LogP contribution in [0, 0.1) is 23.7 Å². The molecule has 2 bridgehead atoms. The third-order valence-corrected chi connectivity index (χ3v) is 5.14. The minimum absolute atomic E-state index is 0.122. The summed E-state index contributed by atoms with van der Waals surface area (Å²) in [5.74, 6) is -4.05. The Hall–Kier alpha value is -2.15. The monoisotopic (exact) mass is 377 g/mol. The minimum atomic E-state index is -1.22. The van der Waals surface area contributed by atoms with Crippen LogP contribution in [0.4, 0.5) is 0 Å². The molecule has 1 aromatic rings. The van der Waals surface area contributed by atoms with Crippen LogP contribution in [0.25, 0.3) is 0 Å². The number of carbonyl (C=O) groups is 3. The van der Waals surface area contributed by atoms with Gasteiger partial charge < -0.3 is 9.90 Å². The van der Waals surface area contributed by atoms with E-state index < -0.39 is 29.6 Å². The van der Waals surface area contributed by atoms with Crippen molar-refractivity contribution in [2.45, 2.75) is 6.42 Å². The number of benzene rings is 1.